The minimum absolute atomic E-state index is 0. The van der Waals surface area contributed by atoms with Gasteiger partial charge in [-0.2, -0.15) is 0 Å². The molecule has 2 aliphatic heterocycles. The molecule has 3 aromatic rings. The third kappa shape index (κ3) is 5.19. The van der Waals surface area contributed by atoms with Crippen molar-refractivity contribution in [3.05, 3.63) is 76.1 Å². The van der Waals surface area contributed by atoms with Gasteiger partial charge in [-0.05, 0) is 37.3 Å². The predicted octanol–water partition coefficient (Wildman–Crippen LogP) is 7.33. The smallest absolute Gasteiger partial charge is 0.193 e. The lowest BCUT2D eigenvalue weighted by Crippen LogP contribution is -2.20. The van der Waals surface area contributed by atoms with Crippen LogP contribution in [0.15, 0.2) is 63.4 Å². The van der Waals surface area contributed by atoms with Gasteiger partial charge in [0.05, 0.1) is 17.0 Å². The van der Waals surface area contributed by atoms with Crippen molar-refractivity contribution in [2.45, 2.75) is 60.4 Å². The number of nitrogens with zero attached hydrogens (tertiary/aromatic N) is 2. The van der Waals surface area contributed by atoms with Gasteiger partial charge in [0.1, 0.15) is 5.58 Å². The number of rotatable bonds is 3. The van der Waals surface area contributed by atoms with Crippen molar-refractivity contribution in [3.63, 3.8) is 0 Å². The van der Waals surface area contributed by atoms with Crippen LogP contribution < -0.4 is 5.43 Å². The number of aryl methyl sites for hydroxylation is 2. The molecule has 0 N–H and O–H groups in total. The van der Waals surface area contributed by atoms with E-state index in [1.807, 2.05) is 30.7 Å². The number of hydrogen-bond donors (Lipinski definition) is 0. The number of carbonyl (C=O) groups is 1. The van der Waals surface area contributed by atoms with Gasteiger partial charge < -0.3 is 8.98 Å². The maximum atomic E-state index is 12.4. The van der Waals surface area contributed by atoms with E-state index in [2.05, 4.69) is 50.6 Å². The van der Waals surface area contributed by atoms with E-state index in [9.17, 15) is 9.59 Å². The van der Waals surface area contributed by atoms with Crippen LogP contribution in [0.5, 0.6) is 0 Å². The SMILES string of the molecule is C=CC(=O)c1cn2c(cc1=O)-c1oc3cc(C4=CCCC=N4)ccc3c1CC2.CC.CC(C)C.[HH]. The molecule has 0 amide bonds. The van der Waals surface area contributed by atoms with Crippen molar-refractivity contribution < 1.29 is 10.6 Å². The van der Waals surface area contributed by atoms with Gasteiger partial charge in [0.15, 0.2) is 17.0 Å². The number of allylic oxidation sites excluding steroid dienone is 2. The fourth-order valence-corrected chi connectivity index (χ4v) is 3.95. The molecule has 0 radical (unpaired) electrons. The minimum Gasteiger partial charge on any atom is -0.454 e. The fourth-order valence-electron chi connectivity index (χ4n) is 3.95. The van der Waals surface area contributed by atoms with Crippen LogP contribution in [0.25, 0.3) is 28.1 Å². The molecule has 5 heteroatoms. The number of hydrogen-bond acceptors (Lipinski definition) is 4. The zero-order valence-electron chi connectivity index (χ0n) is 20.9. The standard InChI is InChI=1S/C23H18N2O3.C4H10.C2H6.H2/c1-2-20(26)17-13-25-10-8-16-15-7-6-14(18-5-3-4-9-24-18)11-22(15)28-23(16)19(25)12-21(17)27;1-4(2)3;1-2;/h2,5-7,9,11-13H,1,3-4,8,10H2;4H,1-3H3;1-2H3;1H. The summed E-state index contributed by atoms with van der Waals surface area (Å²) < 4.78 is 8.10. The first kappa shape index (κ1) is 25.2. The van der Waals surface area contributed by atoms with Crippen molar-refractivity contribution in [3.8, 4) is 11.5 Å². The van der Waals surface area contributed by atoms with Crippen LogP contribution in [0, 0.1) is 5.92 Å². The van der Waals surface area contributed by atoms with Gasteiger partial charge in [-0.1, -0.05) is 59.4 Å². The lowest BCUT2D eigenvalue weighted by molar-refractivity contribution is 0.104. The first-order valence-electron chi connectivity index (χ1n) is 12.1. The second-order valence-electron chi connectivity index (χ2n) is 8.78. The topological polar surface area (TPSA) is 64.6 Å². The Bertz CT molecular complexity index is 1320. The molecule has 2 aromatic heterocycles. The Morgan fingerprint density at radius 1 is 1.21 bits per heavy atom. The predicted molar refractivity (Wildman–Crippen MR) is 144 cm³/mol. The maximum absolute atomic E-state index is 12.4. The number of ketones is 1. The van der Waals surface area contributed by atoms with Gasteiger partial charge in [0.25, 0.3) is 0 Å². The average molecular weight is 461 g/mol. The van der Waals surface area contributed by atoms with E-state index in [1.54, 1.807) is 6.20 Å². The highest BCUT2D eigenvalue weighted by molar-refractivity contribution is 6.04. The molecule has 0 unspecified atom stereocenters. The molecule has 5 nitrogen and oxygen atoms in total. The highest BCUT2D eigenvalue weighted by atomic mass is 16.3. The first-order valence-corrected chi connectivity index (χ1v) is 12.1. The molecule has 0 spiro atoms. The van der Waals surface area contributed by atoms with Crippen LogP contribution >= 0.6 is 0 Å². The van der Waals surface area contributed by atoms with E-state index in [0.717, 1.165) is 53.0 Å². The Morgan fingerprint density at radius 3 is 2.59 bits per heavy atom. The summed E-state index contributed by atoms with van der Waals surface area (Å²) >= 11 is 0. The van der Waals surface area contributed by atoms with E-state index < -0.39 is 0 Å². The van der Waals surface area contributed by atoms with Crippen molar-refractivity contribution in [1.29, 1.82) is 0 Å². The van der Waals surface area contributed by atoms with Gasteiger partial charge in [-0.25, -0.2) is 0 Å². The van der Waals surface area contributed by atoms with E-state index in [-0.39, 0.29) is 18.2 Å². The van der Waals surface area contributed by atoms with Crippen molar-refractivity contribution in [2.75, 3.05) is 0 Å². The summed E-state index contributed by atoms with van der Waals surface area (Å²) in [6.07, 6.45) is 9.61. The quantitative estimate of drug-likeness (QED) is 0.304. The molecule has 2 aliphatic rings. The van der Waals surface area contributed by atoms with Gasteiger partial charge >= 0.3 is 0 Å². The molecule has 1 aromatic carbocycles. The molecule has 0 aliphatic carbocycles. The number of aliphatic imine (C=N–C) groups is 1. The van der Waals surface area contributed by atoms with Crippen LogP contribution in [-0.4, -0.2) is 16.6 Å². The first-order chi connectivity index (χ1) is 16.4. The Morgan fingerprint density at radius 2 is 1.94 bits per heavy atom. The highest BCUT2D eigenvalue weighted by Crippen LogP contribution is 2.38. The fraction of sp³-hybridized carbons (Fsp3) is 0.345. The molecule has 0 atom stereocenters. The largest absolute Gasteiger partial charge is 0.454 e. The van der Waals surface area contributed by atoms with Crippen molar-refractivity contribution in [1.82, 2.24) is 4.57 Å². The molecule has 4 heterocycles. The van der Waals surface area contributed by atoms with Crippen LogP contribution in [0.4, 0.5) is 0 Å². The Hall–Kier alpha value is -3.47. The van der Waals surface area contributed by atoms with Crippen molar-refractivity contribution in [2.24, 2.45) is 10.9 Å². The zero-order chi connectivity index (χ0) is 24.8. The number of aromatic nitrogens is 1. The maximum Gasteiger partial charge on any atom is 0.193 e. The minimum atomic E-state index is -0.360. The zero-order valence-corrected chi connectivity index (χ0v) is 20.9. The molecule has 180 valence electrons. The van der Waals surface area contributed by atoms with E-state index in [4.69, 9.17) is 4.42 Å². The van der Waals surface area contributed by atoms with E-state index in [0.29, 0.717) is 18.0 Å². The van der Waals surface area contributed by atoms with E-state index in [1.165, 1.54) is 12.1 Å². The van der Waals surface area contributed by atoms with E-state index >= 15 is 0 Å². The third-order valence-electron chi connectivity index (χ3n) is 5.37. The number of fused-ring (bicyclic) bond motifs is 5. The van der Waals surface area contributed by atoms with Crippen LogP contribution in [-0.2, 0) is 13.0 Å². The molecule has 0 bridgehead atoms. The molecule has 0 fully saturated rings. The number of carbonyl (C=O) groups excluding carboxylic acids is 1. The Balaban J connectivity index is 0.000000564. The van der Waals surface area contributed by atoms with Crippen molar-refractivity contribution >= 4 is 28.7 Å². The summed E-state index contributed by atoms with van der Waals surface area (Å²) in [6, 6.07) is 7.65. The second-order valence-corrected chi connectivity index (χ2v) is 8.78. The second kappa shape index (κ2) is 11.1. The summed E-state index contributed by atoms with van der Waals surface area (Å²) in [4.78, 5) is 28.8. The van der Waals surface area contributed by atoms with Crippen LogP contribution in [0.2, 0.25) is 0 Å². The molecule has 5 rings (SSSR count). The molecule has 0 saturated carbocycles. The lowest BCUT2D eigenvalue weighted by Gasteiger charge is -2.18. The third-order valence-corrected chi connectivity index (χ3v) is 5.37. The van der Waals surface area contributed by atoms with Gasteiger partial charge in [-0.15, -0.1) is 0 Å². The molecule has 0 saturated heterocycles. The lowest BCUT2D eigenvalue weighted by atomic mass is 9.99. The number of benzene rings is 1. The number of pyridine rings is 1. The van der Waals surface area contributed by atoms with Gasteiger partial charge in [-0.3, -0.25) is 14.6 Å². The summed E-state index contributed by atoms with van der Waals surface area (Å²) in [5, 5.41) is 1.06. The monoisotopic (exact) mass is 460 g/mol. The summed E-state index contributed by atoms with van der Waals surface area (Å²) in [7, 11) is 0. The Kier molecular flexibility index (Phi) is 8.21. The van der Waals surface area contributed by atoms with Gasteiger partial charge in [0.2, 0.25) is 0 Å². The normalized spacial score (nSPS) is 13.6. The van der Waals surface area contributed by atoms with Crippen LogP contribution in [0.1, 0.15) is 70.4 Å². The molecular weight excluding hydrogens is 424 g/mol. The summed E-state index contributed by atoms with van der Waals surface area (Å²) in [5.41, 5.74) is 4.42. The molecular formula is C29H36N2O3. The number of furan rings is 1. The van der Waals surface area contributed by atoms with Gasteiger partial charge in [0, 0.05) is 43.0 Å². The average Bonchev–Trinajstić information content (AvgIpc) is 3.23. The van der Waals surface area contributed by atoms with Crippen LogP contribution in [0.3, 0.4) is 0 Å². The molecule has 34 heavy (non-hydrogen) atoms. The summed E-state index contributed by atoms with van der Waals surface area (Å²) in [5.74, 6) is 1.18. The summed E-state index contributed by atoms with van der Waals surface area (Å²) in [6.45, 7) is 14.7. The Labute approximate surface area is 203 Å². The highest BCUT2D eigenvalue weighted by Gasteiger charge is 2.24.